The molecule has 0 heterocycles. The molecule has 0 atom stereocenters. The number of hydrogen-bond acceptors (Lipinski definition) is 1. The van der Waals surface area contributed by atoms with Gasteiger partial charge in [-0.15, -0.1) is 6.42 Å². The maximum atomic E-state index is 13.4. The fourth-order valence-electron chi connectivity index (χ4n) is 1.35. The normalized spacial score (nSPS) is 9.89. The molecule has 2 aromatic carbocycles. The highest BCUT2D eigenvalue weighted by Crippen LogP contribution is 2.31. The highest BCUT2D eigenvalue weighted by atomic mass is 35.5. The van der Waals surface area contributed by atoms with Gasteiger partial charge in [0, 0.05) is 11.6 Å². The first-order chi connectivity index (χ1) is 8.60. The van der Waals surface area contributed by atoms with E-state index in [4.69, 9.17) is 22.8 Å². The number of halogens is 3. The zero-order valence-electron chi connectivity index (χ0n) is 9.08. The maximum Gasteiger partial charge on any atom is 0.168 e. The lowest BCUT2D eigenvalue weighted by atomic mass is 10.2. The van der Waals surface area contributed by atoms with Crippen LogP contribution in [-0.2, 0) is 0 Å². The van der Waals surface area contributed by atoms with Gasteiger partial charge in [-0.25, -0.2) is 8.78 Å². The third-order valence-electron chi connectivity index (χ3n) is 2.21. The molecule has 0 N–H and O–H groups in total. The lowest BCUT2D eigenvalue weighted by Crippen LogP contribution is -1.90. The Morgan fingerprint density at radius 1 is 1.06 bits per heavy atom. The summed E-state index contributed by atoms with van der Waals surface area (Å²) in [6, 6.07) is 7.69. The number of ether oxygens (including phenoxy) is 1. The molecule has 90 valence electrons. The largest absolute Gasteiger partial charge is 0.453 e. The Morgan fingerprint density at radius 3 is 2.39 bits per heavy atom. The van der Waals surface area contributed by atoms with Crippen LogP contribution < -0.4 is 4.74 Å². The van der Waals surface area contributed by atoms with Crippen molar-refractivity contribution >= 4 is 11.6 Å². The number of rotatable bonds is 2. The first-order valence-electron chi connectivity index (χ1n) is 4.99. The standard InChI is InChI=1S/C14H7ClF2O/c1-2-9-3-5-13(11(15)7-9)18-14-6-4-10(16)8-12(14)17/h1,3-8H. The van der Waals surface area contributed by atoms with Crippen LogP contribution in [0.1, 0.15) is 5.56 Å². The van der Waals surface area contributed by atoms with E-state index in [1.807, 2.05) is 0 Å². The van der Waals surface area contributed by atoms with E-state index in [9.17, 15) is 8.78 Å². The lowest BCUT2D eigenvalue weighted by Gasteiger charge is -2.08. The zero-order valence-corrected chi connectivity index (χ0v) is 9.84. The number of terminal acetylenes is 1. The van der Waals surface area contributed by atoms with E-state index in [0.717, 1.165) is 12.1 Å². The summed E-state index contributed by atoms with van der Waals surface area (Å²) in [5.74, 6) is 1.09. The fraction of sp³-hybridized carbons (Fsp3) is 0. The van der Waals surface area contributed by atoms with Crippen molar-refractivity contribution in [2.45, 2.75) is 0 Å². The Labute approximate surface area is 108 Å². The van der Waals surface area contributed by atoms with Crippen LogP contribution >= 0.6 is 11.6 Å². The summed E-state index contributed by atoms with van der Waals surface area (Å²) in [7, 11) is 0. The highest BCUT2D eigenvalue weighted by Gasteiger charge is 2.09. The van der Waals surface area contributed by atoms with E-state index >= 15 is 0 Å². The molecule has 0 bridgehead atoms. The lowest BCUT2D eigenvalue weighted by molar-refractivity contribution is 0.438. The third-order valence-corrected chi connectivity index (χ3v) is 2.51. The molecule has 0 amide bonds. The molecule has 1 nitrogen and oxygen atoms in total. The maximum absolute atomic E-state index is 13.4. The van der Waals surface area contributed by atoms with Crippen LogP contribution in [0, 0.1) is 24.0 Å². The Bertz CT molecular complexity index is 632. The molecule has 0 saturated carbocycles. The topological polar surface area (TPSA) is 9.23 Å². The molecule has 18 heavy (non-hydrogen) atoms. The minimum absolute atomic E-state index is 0.105. The van der Waals surface area contributed by atoms with Crippen LogP contribution in [0.3, 0.4) is 0 Å². The molecule has 0 aliphatic carbocycles. The number of hydrogen-bond donors (Lipinski definition) is 0. The molecule has 0 aliphatic heterocycles. The van der Waals surface area contributed by atoms with E-state index in [1.165, 1.54) is 18.2 Å². The van der Waals surface area contributed by atoms with Gasteiger partial charge in [0.25, 0.3) is 0 Å². The minimum Gasteiger partial charge on any atom is -0.453 e. The van der Waals surface area contributed by atoms with Gasteiger partial charge in [0.05, 0.1) is 5.02 Å². The van der Waals surface area contributed by atoms with E-state index < -0.39 is 11.6 Å². The van der Waals surface area contributed by atoms with Crippen molar-refractivity contribution in [2.75, 3.05) is 0 Å². The molecular formula is C14H7ClF2O. The average molecular weight is 265 g/mol. The summed E-state index contributed by atoms with van der Waals surface area (Å²) in [6.07, 6.45) is 5.21. The Hall–Kier alpha value is -2.05. The number of benzene rings is 2. The quantitative estimate of drug-likeness (QED) is 0.731. The minimum atomic E-state index is -0.799. The second-order valence-electron chi connectivity index (χ2n) is 3.47. The van der Waals surface area contributed by atoms with Gasteiger partial charge in [0.15, 0.2) is 11.6 Å². The van der Waals surface area contributed by atoms with Crippen LogP contribution in [0.25, 0.3) is 0 Å². The molecule has 0 radical (unpaired) electrons. The van der Waals surface area contributed by atoms with Crippen LogP contribution in [-0.4, -0.2) is 0 Å². The molecule has 4 heteroatoms. The molecular weight excluding hydrogens is 258 g/mol. The summed E-state index contributed by atoms with van der Waals surface area (Å²) >= 11 is 5.92. The highest BCUT2D eigenvalue weighted by molar-refractivity contribution is 6.32. The second-order valence-corrected chi connectivity index (χ2v) is 3.87. The second kappa shape index (κ2) is 5.07. The molecule has 2 aromatic rings. The van der Waals surface area contributed by atoms with Gasteiger partial charge in [-0.3, -0.25) is 0 Å². The molecule has 0 unspecified atom stereocenters. The van der Waals surface area contributed by atoms with E-state index in [1.54, 1.807) is 6.07 Å². The molecule has 0 aliphatic rings. The van der Waals surface area contributed by atoms with E-state index in [0.29, 0.717) is 5.56 Å². The Kier molecular flexibility index (Phi) is 3.50. The Balaban J connectivity index is 2.32. The van der Waals surface area contributed by atoms with Crippen molar-refractivity contribution in [1.82, 2.24) is 0 Å². The van der Waals surface area contributed by atoms with Crippen molar-refractivity contribution in [2.24, 2.45) is 0 Å². The van der Waals surface area contributed by atoms with E-state index in [-0.39, 0.29) is 16.5 Å². The molecule has 0 aromatic heterocycles. The van der Waals surface area contributed by atoms with Crippen molar-refractivity contribution in [1.29, 1.82) is 0 Å². The summed E-state index contributed by atoms with van der Waals surface area (Å²) in [4.78, 5) is 0. The molecule has 0 fully saturated rings. The predicted molar refractivity (Wildman–Crippen MR) is 65.8 cm³/mol. The van der Waals surface area contributed by atoms with Crippen molar-refractivity contribution in [3.8, 4) is 23.8 Å². The molecule has 0 spiro atoms. The van der Waals surface area contributed by atoms with Gasteiger partial charge in [0.2, 0.25) is 0 Å². The SMILES string of the molecule is C#Cc1ccc(Oc2ccc(F)cc2F)c(Cl)c1. The third kappa shape index (κ3) is 2.61. The van der Waals surface area contributed by atoms with Crippen LogP contribution in [0.5, 0.6) is 11.5 Å². The Morgan fingerprint density at radius 2 is 1.78 bits per heavy atom. The van der Waals surface area contributed by atoms with Crippen molar-refractivity contribution < 1.29 is 13.5 Å². The average Bonchev–Trinajstić information content (AvgIpc) is 2.34. The van der Waals surface area contributed by atoms with Gasteiger partial charge >= 0.3 is 0 Å². The van der Waals surface area contributed by atoms with Crippen LogP contribution in [0.2, 0.25) is 5.02 Å². The molecule has 0 saturated heterocycles. The molecule has 2 rings (SSSR count). The monoisotopic (exact) mass is 264 g/mol. The summed E-state index contributed by atoms with van der Waals surface area (Å²) in [5.41, 5.74) is 0.590. The fourth-order valence-corrected chi connectivity index (χ4v) is 1.57. The first-order valence-corrected chi connectivity index (χ1v) is 5.37. The van der Waals surface area contributed by atoms with E-state index in [2.05, 4.69) is 5.92 Å². The van der Waals surface area contributed by atoms with Crippen LogP contribution in [0.15, 0.2) is 36.4 Å². The van der Waals surface area contributed by atoms with Crippen LogP contribution in [0.4, 0.5) is 8.78 Å². The van der Waals surface area contributed by atoms with Gasteiger partial charge < -0.3 is 4.74 Å². The van der Waals surface area contributed by atoms with Gasteiger partial charge in [-0.1, -0.05) is 17.5 Å². The summed E-state index contributed by atoms with van der Waals surface area (Å²) < 4.78 is 31.3. The summed E-state index contributed by atoms with van der Waals surface area (Å²) in [6.45, 7) is 0. The summed E-state index contributed by atoms with van der Waals surface area (Å²) in [5, 5.41) is 0.258. The van der Waals surface area contributed by atoms with Gasteiger partial charge in [-0.05, 0) is 30.3 Å². The zero-order chi connectivity index (χ0) is 13.1. The smallest absolute Gasteiger partial charge is 0.168 e. The first kappa shape index (κ1) is 12.4. The van der Waals surface area contributed by atoms with Crippen molar-refractivity contribution in [3.05, 3.63) is 58.6 Å². The van der Waals surface area contributed by atoms with Gasteiger partial charge in [-0.2, -0.15) is 0 Å². The van der Waals surface area contributed by atoms with Crippen molar-refractivity contribution in [3.63, 3.8) is 0 Å². The van der Waals surface area contributed by atoms with Gasteiger partial charge in [0.1, 0.15) is 11.6 Å². The predicted octanol–water partition coefficient (Wildman–Crippen LogP) is 4.39.